The Hall–Kier alpha value is -2.23. The number of nitrogens with zero attached hydrogens (tertiary/aromatic N) is 1. The highest BCUT2D eigenvalue weighted by atomic mass is 19.4. The summed E-state index contributed by atoms with van der Waals surface area (Å²) < 4.78 is 44.3. The summed E-state index contributed by atoms with van der Waals surface area (Å²) in [6.45, 7) is 5.91. The summed E-state index contributed by atoms with van der Waals surface area (Å²) >= 11 is 0. The fourth-order valence-electron chi connectivity index (χ4n) is 2.02. The van der Waals surface area contributed by atoms with Crippen LogP contribution in [0.25, 0.3) is 0 Å². The van der Waals surface area contributed by atoms with Gasteiger partial charge in [-0.25, -0.2) is 0 Å². The normalized spacial score (nSPS) is 12.6. The van der Waals surface area contributed by atoms with Crippen LogP contribution in [0.4, 0.5) is 13.2 Å². The number of halogens is 3. The molecular weight excluding hydrogens is 309 g/mol. The van der Waals surface area contributed by atoms with Crippen molar-refractivity contribution in [2.75, 3.05) is 6.54 Å². The molecule has 0 fully saturated rings. The van der Waals surface area contributed by atoms with Crippen LogP contribution in [-0.4, -0.2) is 18.6 Å². The highest BCUT2D eigenvalue weighted by molar-refractivity contribution is 5.81. The van der Waals surface area contributed by atoms with Gasteiger partial charge in [-0.05, 0) is 37.5 Å². The Morgan fingerprint density at radius 3 is 2.52 bits per heavy atom. The topological polar surface area (TPSA) is 62.1 Å². The van der Waals surface area contributed by atoms with Gasteiger partial charge in [0, 0.05) is 6.54 Å². The average molecular weight is 328 g/mol. The van der Waals surface area contributed by atoms with Crippen LogP contribution in [0, 0.1) is 17.2 Å². The molecule has 0 saturated heterocycles. The Bertz CT molecular complexity index is 592. The third-order valence-electron chi connectivity index (χ3n) is 3.02. The van der Waals surface area contributed by atoms with E-state index in [1.165, 1.54) is 12.1 Å². The van der Waals surface area contributed by atoms with Crippen LogP contribution in [0.5, 0.6) is 5.75 Å². The molecule has 0 radical (unpaired) electrons. The molecule has 1 N–H and O–H groups in total. The van der Waals surface area contributed by atoms with Gasteiger partial charge in [-0.2, -0.15) is 18.4 Å². The summed E-state index contributed by atoms with van der Waals surface area (Å²) in [5.41, 5.74) is -1.56. The van der Waals surface area contributed by atoms with Crippen LogP contribution < -0.4 is 10.1 Å². The molecule has 1 amide bonds. The Morgan fingerprint density at radius 2 is 2.04 bits per heavy atom. The summed E-state index contributed by atoms with van der Waals surface area (Å²) in [7, 11) is 0. The first-order valence-corrected chi connectivity index (χ1v) is 7.24. The standard InChI is InChI=1S/C16H19F3N2O2/c1-4-21-15(22)14(7-10(2)3)23-12-6-5-11(9-20)13(8-12)16(17,18)19/h5-6,8,10,14H,4,7H2,1-3H3,(H,21,22). The molecule has 1 aromatic rings. The molecule has 0 saturated carbocycles. The monoisotopic (exact) mass is 328 g/mol. The zero-order valence-electron chi connectivity index (χ0n) is 13.2. The van der Waals surface area contributed by atoms with E-state index >= 15 is 0 Å². The molecule has 0 aliphatic rings. The molecule has 1 atom stereocenters. The van der Waals surface area contributed by atoms with Crippen molar-refractivity contribution in [3.8, 4) is 11.8 Å². The van der Waals surface area contributed by atoms with Crippen molar-refractivity contribution in [3.63, 3.8) is 0 Å². The van der Waals surface area contributed by atoms with E-state index in [1.807, 2.05) is 13.8 Å². The molecule has 0 aliphatic carbocycles. The van der Waals surface area contributed by atoms with Crippen molar-refractivity contribution in [2.24, 2.45) is 5.92 Å². The van der Waals surface area contributed by atoms with Crippen LogP contribution in [0.3, 0.4) is 0 Å². The number of benzene rings is 1. The molecule has 0 heterocycles. The van der Waals surface area contributed by atoms with Crippen molar-refractivity contribution in [2.45, 2.75) is 39.5 Å². The molecule has 23 heavy (non-hydrogen) atoms. The van der Waals surface area contributed by atoms with Crippen molar-refractivity contribution < 1.29 is 22.7 Å². The van der Waals surface area contributed by atoms with Gasteiger partial charge in [0.15, 0.2) is 6.10 Å². The van der Waals surface area contributed by atoms with E-state index < -0.39 is 23.4 Å². The van der Waals surface area contributed by atoms with Gasteiger partial charge in [0.25, 0.3) is 5.91 Å². The Labute approximate surface area is 133 Å². The van der Waals surface area contributed by atoms with Crippen LogP contribution in [0.2, 0.25) is 0 Å². The number of hydrogen-bond acceptors (Lipinski definition) is 3. The number of nitrogens with one attached hydrogen (secondary N) is 1. The maximum atomic E-state index is 13.0. The average Bonchev–Trinajstić information content (AvgIpc) is 2.45. The summed E-state index contributed by atoms with van der Waals surface area (Å²) in [5, 5.41) is 11.4. The van der Waals surface area contributed by atoms with Crippen molar-refractivity contribution in [1.29, 1.82) is 5.26 Å². The predicted molar refractivity (Wildman–Crippen MR) is 78.7 cm³/mol. The highest BCUT2D eigenvalue weighted by Crippen LogP contribution is 2.34. The first-order chi connectivity index (χ1) is 10.7. The molecule has 0 spiro atoms. The SMILES string of the molecule is CCNC(=O)C(CC(C)C)Oc1ccc(C#N)c(C(F)(F)F)c1. The van der Waals surface area contributed by atoms with Crippen LogP contribution in [0.1, 0.15) is 38.3 Å². The Morgan fingerprint density at radius 1 is 1.39 bits per heavy atom. The fraction of sp³-hybridized carbons (Fsp3) is 0.500. The number of carbonyl (C=O) groups excluding carboxylic acids is 1. The lowest BCUT2D eigenvalue weighted by atomic mass is 10.0. The van der Waals surface area contributed by atoms with E-state index in [1.54, 1.807) is 6.92 Å². The van der Waals surface area contributed by atoms with Crippen LogP contribution >= 0.6 is 0 Å². The van der Waals surface area contributed by atoms with E-state index in [2.05, 4.69) is 5.32 Å². The second-order valence-corrected chi connectivity index (χ2v) is 5.45. The molecule has 0 aliphatic heterocycles. The first kappa shape index (κ1) is 18.8. The predicted octanol–water partition coefficient (Wildman–Crippen LogP) is 3.51. The molecule has 1 rings (SSSR count). The molecule has 7 heteroatoms. The number of likely N-dealkylation sites (N-methyl/N-ethyl adjacent to an activating group) is 1. The molecule has 1 unspecified atom stereocenters. The van der Waals surface area contributed by atoms with Crippen LogP contribution in [0.15, 0.2) is 18.2 Å². The smallest absolute Gasteiger partial charge is 0.417 e. The molecule has 1 aromatic carbocycles. The number of carbonyl (C=O) groups is 1. The quantitative estimate of drug-likeness (QED) is 0.869. The van der Waals surface area contributed by atoms with Gasteiger partial charge in [0.05, 0.1) is 17.2 Å². The lowest BCUT2D eigenvalue weighted by Gasteiger charge is -2.21. The Kier molecular flexibility index (Phi) is 6.43. The highest BCUT2D eigenvalue weighted by Gasteiger charge is 2.34. The van der Waals surface area contributed by atoms with E-state index in [4.69, 9.17) is 10.00 Å². The number of nitriles is 1. The molecular formula is C16H19F3N2O2. The Balaban J connectivity index is 3.09. The first-order valence-electron chi connectivity index (χ1n) is 7.24. The van der Waals surface area contributed by atoms with Gasteiger partial charge < -0.3 is 10.1 Å². The maximum Gasteiger partial charge on any atom is 0.417 e. The van der Waals surface area contributed by atoms with E-state index in [0.29, 0.717) is 13.0 Å². The zero-order valence-corrected chi connectivity index (χ0v) is 13.2. The number of hydrogen-bond donors (Lipinski definition) is 1. The molecule has 0 bridgehead atoms. The third kappa shape index (κ3) is 5.47. The molecule has 4 nitrogen and oxygen atoms in total. The van der Waals surface area contributed by atoms with E-state index in [0.717, 1.165) is 12.1 Å². The summed E-state index contributed by atoms with van der Waals surface area (Å²) in [6.07, 6.45) is -5.18. The second kappa shape index (κ2) is 7.86. The minimum absolute atomic E-state index is 0.0896. The summed E-state index contributed by atoms with van der Waals surface area (Å²) in [4.78, 5) is 12.0. The molecule has 0 aromatic heterocycles. The van der Waals surface area contributed by atoms with Gasteiger partial charge in [-0.15, -0.1) is 0 Å². The largest absolute Gasteiger partial charge is 0.481 e. The number of ether oxygens (including phenoxy) is 1. The van der Waals surface area contributed by atoms with E-state index in [-0.39, 0.29) is 17.6 Å². The number of alkyl halides is 3. The van der Waals surface area contributed by atoms with Crippen molar-refractivity contribution in [3.05, 3.63) is 29.3 Å². The number of amides is 1. The minimum atomic E-state index is -4.66. The molecule has 126 valence electrons. The maximum absolute atomic E-state index is 13.0. The minimum Gasteiger partial charge on any atom is -0.481 e. The van der Waals surface area contributed by atoms with Gasteiger partial charge in [-0.3, -0.25) is 4.79 Å². The van der Waals surface area contributed by atoms with Gasteiger partial charge >= 0.3 is 6.18 Å². The lowest BCUT2D eigenvalue weighted by Crippen LogP contribution is -2.39. The van der Waals surface area contributed by atoms with Gasteiger partial charge in [0.2, 0.25) is 0 Å². The van der Waals surface area contributed by atoms with Crippen molar-refractivity contribution in [1.82, 2.24) is 5.32 Å². The van der Waals surface area contributed by atoms with Gasteiger partial charge in [-0.1, -0.05) is 13.8 Å². The van der Waals surface area contributed by atoms with Crippen molar-refractivity contribution >= 4 is 5.91 Å². The fourth-order valence-corrected chi connectivity index (χ4v) is 2.02. The lowest BCUT2D eigenvalue weighted by molar-refractivity contribution is -0.137. The zero-order chi connectivity index (χ0) is 17.6. The van der Waals surface area contributed by atoms with Gasteiger partial charge in [0.1, 0.15) is 5.75 Å². The summed E-state index contributed by atoms with van der Waals surface area (Å²) in [5.74, 6) is -0.338. The second-order valence-electron chi connectivity index (χ2n) is 5.45. The van der Waals surface area contributed by atoms with Crippen LogP contribution in [-0.2, 0) is 11.0 Å². The van der Waals surface area contributed by atoms with E-state index in [9.17, 15) is 18.0 Å². The summed E-state index contributed by atoms with van der Waals surface area (Å²) in [6, 6.07) is 4.57. The third-order valence-corrected chi connectivity index (χ3v) is 3.02. The number of rotatable bonds is 6.